The Morgan fingerprint density at radius 1 is 1.25 bits per heavy atom. The number of hydrogen-bond acceptors (Lipinski definition) is 3. The fourth-order valence-corrected chi connectivity index (χ4v) is 1.78. The van der Waals surface area contributed by atoms with Gasteiger partial charge in [-0.15, -0.1) is 0 Å². The van der Waals surface area contributed by atoms with Crippen LogP contribution >= 0.6 is 0 Å². The molecule has 3 heteroatoms. The van der Waals surface area contributed by atoms with Crippen molar-refractivity contribution in [2.24, 2.45) is 5.92 Å². The summed E-state index contributed by atoms with van der Waals surface area (Å²) in [7, 11) is 1.77. The van der Waals surface area contributed by atoms with Crippen molar-refractivity contribution in [1.29, 1.82) is 0 Å². The van der Waals surface area contributed by atoms with Crippen molar-refractivity contribution in [3.05, 3.63) is 0 Å². The van der Waals surface area contributed by atoms with E-state index < -0.39 is 0 Å². The van der Waals surface area contributed by atoms with Gasteiger partial charge in [0.05, 0.1) is 6.61 Å². The highest BCUT2D eigenvalue weighted by Gasteiger charge is 2.10. The van der Waals surface area contributed by atoms with Crippen LogP contribution in [0.5, 0.6) is 0 Å². The largest absolute Gasteiger partial charge is 0.383 e. The second-order valence-corrected chi connectivity index (χ2v) is 4.86. The van der Waals surface area contributed by atoms with Crippen LogP contribution in [-0.2, 0) is 4.74 Å². The van der Waals surface area contributed by atoms with Gasteiger partial charge in [0, 0.05) is 19.7 Å². The Morgan fingerprint density at radius 3 is 2.44 bits per heavy atom. The van der Waals surface area contributed by atoms with Crippen LogP contribution in [0.2, 0.25) is 0 Å². The van der Waals surface area contributed by atoms with Gasteiger partial charge in [0.25, 0.3) is 0 Å². The molecule has 1 atom stereocenters. The zero-order valence-corrected chi connectivity index (χ0v) is 11.8. The van der Waals surface area contributed by atoms with E-state index in [1.807, 2.05) is 0 Å². The molecule has 0 rings (SSSR count). The van der Waals surface area contributed by atoms with Gasteiger partial charge in [0.1, 0.15) is 0 Å². The van der Waals surface area contributed by atoms with Crippen molar-refractivity contribution in [2.45, 2.75) is 40.2 Å². The minimum absolute atomic E-state index is 0.639. The summed E-state index contributed by atoms with van der Waals surface area (Å²) < 4.78 is 5.12. The van der Waals surface area contributed by atoms with E-state index in [4.69, 9.17) is 4.74 Å². The summed E-state index contributed by atoms with van der Waals surface area (Å²) in [5.41, 5.74) is 0. The summed E-state index contributed by atoms with van der Waals surface area (Å²) in [6.45, 7) is 14.2. The molecule has 0 bridgehead atoms. The third-order valence-electron chi connectivity index (χ3n) is 2.90. The van der Waals surface area contributed by atoms with Crippen LogP contribution in [0.3, 0.4) is 0 Å². The molecule has 0 radical (unpaired) electrons. The van der Waals surface area contributed by atoms with E-state index in [0.29, 0.717) is 6.04 Å². The minimum Gasteiger partial charge on any atom is -0.383 e. The van der Waals surface area contributed by atoms with E-state index >= 15 is 0 Å². The lowest BCUT2D eigenvalue weighted by atomic mass is 10.2. The van der Waals surface area contributed by atoms with Crippen molar-refractivity contribution in [1.82, 2.24) is 10.2 Å². The SMILES string of the molecule is CCN(CCOC)C(C)CCNCC(C)C. The predicted octanol–water partition coefficient (Wildman–Crippen LogP) is 1.98. The molecule has 0 aliphatic carbocycles. The molecule has 0 aliphatic heterocycles. The summed E-state index contributed by atoms with van der Waals surface area (Å²) in [6.07, 6.45) is 1.21. The van der Waals surface area contributed by atoms with Gasteiger partial charge in [-0.2, -0.15) is 0 Å². The quantitative estimate of drug-likeness (QED) is 0.581. The second kappa shape index (κ2) is 10.1. The number of nitrogens with zero attached hydrogens (tertiary/aromatic N) is 1. The molecule has 0 aromatic carbocycles. The van der Waals surface area contributed by atoms with Crippen LogP contribution < -0.4 is 5.32 Å². The standard InChI is InChI=1S/C13H30N2O/c1-6-15(9-10-16-5)13(4)7-8-14-11-12(2)3/h12-14H,6-11H2,1-5H3. The number of nitrogens with one attached hydrogen (secondary N) is 1. The molecule has 0 amide bonds. The van der Waals surface area contributed by atoms with E-state index in [0.717, 1.165) is 38.7 Å². The average Bonchev–Trinajstić information content (AvgIpc) is 2.25. The Bertz CT molecular complexity index is 151. The highest BCUT2D eigenvalue weighted by atomic mass is 16.5. The highest BCUT2D eigenvalue weighted by Crippen LogP contribution is 2.02. The lowest BCUT2D eigenvalue weighted by Gasteiger charge is -2.27. The maximum Gasteiger partial charge on any atom is 0.0589 e. The number of ether oxygens (including phenoxy) is 1. The van der Waals surface area contributed by atoms with Crippen LogP contribution in [0, 0.1) is 5.92 Å². The molecule has 0 aliphatic rings. The Hall–Kier alpha value is -0.120. The molecule has 16 heavy (non-hydrogen) atoms. The highest BCUT2D eigenvalue weighted by molar-refractivity contribution is 4.67. The summed E-state index contributed by atoms with van der Waals surface area (Å²) in [5, 5.41) is 3.49. The molecule has 98 valence electrons. The van der Waals surface area contributed by atoms with E-state index in [-0.39, 0.29) is 0 Å². The molecule has 0 heterocycles. The van der Waals surface area contributed by atoms with Gasteiger partial charge in [0.15, 0.2) is 0 Å². The first-order valence-electron chi connectivity index (χ1n) is 6.55. The Kier molecular flexibility index (Phi) is 9.99. The van der Waals surface area contributed by atoms with Crippen LogP contribution in [0.25, 0.3) is 0 Å². The zero-order chi connectivity index (χ0) is 12.4. The Morgan fingerprint density at radius 2 is 1.94 bits per heavy atom. The van der Waals surface area contributed by atoms with Gasteiger partial charge in [0.2, 0.25) is 0 Å². The van der Waals surface area contributed by atoms with Crippen molar-refractivity contribution in [2.75, 3.05) is 39.9 Å². The van der Waals surface area contributed by atoms with Crippen LogP contribution in [-0.4, -0.2) is 50.8 Å². The number of rotatable bonds is 10. The zero-order valence-electron chi connectivity index (χ0n) is 11.8. The van der Waals surface area contributed by atoms with Crippen molar-refractivity contribution >= 4 is 0 Å². The van der Waals surface area contributed by atoms with Crippen molar-refractivity contribution < 1.29 is 4.74 Å². The summed E-state index contributed by atoms with van der Waals surface area (Å²) >= 11 is 0. The van der Waals surface area contributed by atoms with E-state index in [2.05, 4.69) is 37.9 Å². The first-order valence-corrected chi connectivity index (χ1v) is 6.55. The van der Waals surface area contributed by atoms with Gasteiger partial charge >= 0.3 is 0 Å². The molecule has 3 nitrogen and oxygen atoms in total. The number of hydrogen-bond donors (Lipinski definition) is 1. The second-order valence-electron chi connectivity index (χ2n) is 4.86. The van der Waals surface area contributed by atoms with Crippen LogP contribution in [0.1, 0.15) is 34.1 Å². The van der Waals surface area contributed by atoms with Gasteiger partial charge in [-0.25, -0.2) is 0 Å². The van der Waals surface area contributed by atoms with Gasteiger partial charge in [-0.3, -0.25) is 4.90 Å². The normalized spacial score (nSPS) is 13.7. The molecule has 1 N–H and O–H groups in total. The van der Waals surface area contributed by atoms with E-state index in [1.54, 1.807) is 7.11 Å². The molecule has 0 fully saturated rings. The first kappa shape index (κ1) is 15.9. The molecule has 0 aromatic rings. The van der Waals surface area contributed by atoms with Crippen LogP contribution in [0.4, 0.5) is 0 Å². The predicted molar refractivity (Wildman–Crippen MR) is 70.9 cm³/mol. The Labute approximate surface area is 102 Å². The third-order valence-corrected chi connectivity index (χ3v) is 2.90. The molecule has 0 aromatic heterocycles. The van der Waals surface area contributed by atoms with Crippen molar-refractivity contribution in [3.8, 4) is 0 Å². The van der Waals surface area contributed by atoms with Crippen LogP contribution in [0.15, 0.2) is 0 Å². The lowest BCUT2D eigenvalue weighted by molar-refractivity contribution is 0.125. The molecular formula is C13H30N2O. The lowest BCUT2D eigenvalue weighted by Crippen LogP contribution is -2.37. The van der Waals surface area contributed by atoms with Gasteiger partial charge in [-0.1, -0.05) is 20.8 Å². The average molecular weight is 230 g/mol. The molecule has 1 unspecified atom stereocenters. The third kappa shape index (κ3) is 8.08. The summed E-state index contributed by atoms with van der Waals surface area (Å²) in [6, 6.07) is 0.639. The first-order chi connectivity index (χ1) is 7.61. The number of likely N-dealkylation sites (N-methyl/N-ethyl adjacent to an activating group) is 1. The molecule has 0 spiro atoms. The topological polar surface area (TPSA) is 24.5 Å². The fourth-order valence-electron chi connectivity index (χ4n) is 1.78. The molecular weight excluding hydrogens is 200 g/mol. The summed E-state index contributed by atoms with van der Waals surface area (Å²) in [5.74, 6) is 0.742. The molecule has 0 saturated carbocycles. The monoisotopic (exact) mass is 230 g/mol. The summed E-state index contributed by atoms with van der Waals surface area (Å²) in [4.78, 5) is 2.47. The minimum atomic E-state index is 0.639. The molecule has 0 saturated heterocycles. The number of methoxy groups -OCH3 is 1. The van der Waals surface area contributed by atoms with Gasteiger partial charge < -0.3 is 10.1 Å². The fraction of sp³-hybridized carbons (Fsp3) is 1.00. The van der Waals surface area contributed by atoms with Crippen molar-refractivity contribution in [3.63, 3.8) is 0 Å². The maximum atomic E-state index is 5.12. The Balaban J connectivity index is 3.62. The smallest absolute Gasteiger partial charge is 0.0589 e. The van der Waals surface area contributed by atoms with E-state index in [9.17, 15) is 0 Å². The van der Waals surface area contributed by atoms with Gasteiger partial charge in [-0.05, 0) is 38.9 Å². The maximum absolute atomic E-state index is 5.12. The van der Waals surface area contributed by atoms with E-state index in [1.165, 1.54) is 6.42 Å².